The molecule has 0 heterocycles. The first kappa shape index (κ1) is 27.4. The number of alkyl carbamates (subject to hydrolysis) is 1. The molecule has 35 heavy (non-hydrogen) atoms. The smallest absolute Gasteiger partial charge is 0.407 e. The number of hydrogen-bond donors (Lipinski definition) is 3. The molecule has 8 nitrogen and oxygen atoms in total. The molecule has 0 aliphatic heterocycles. The fraction of sp³-hybridized carbons (Fsp3) is 0.370. The van der Waals surface area contributed by atoms with Gasteiger partial charge in [0.25, 0.3) is 0 Å². The Balaban J connectivity index is 1.78. The zero-order valence-corrected chi connectivity index (χ0v) is 20.4. The third-order valence-electron chi connectivity index (χ3n) is 5.16. The topological polar surface area (TPSA) is 106 Å². The molecule has 0 bridgehead atoms. The van der Waals surface area contributed by atoms with Crippen molar-refractivity contribution in [1.82, 2.24) is 16.0 Å². The van der Waals surface area contributed by atoms with E-state index in [-0.39, 0.29) is 25.7 Å². The summed E-state index contributed by atoms with van der Waals surface area (Å²) in [4.78, 5) is 37.4. The number of nitrogens with one attached hydrogen (secondary N) is 3. The van der Waals surface area contributed by atoms with Crippen LogP contribution < -0.4 is 16.0 Å². The monoisotopic (exact) mass is 481 g/mol. The summed E-state index contributed by atoms with van der Waals surface area (Å²) < 4.78 is 10.6. The molecule has 3 N–H and O–H groups in total. The number of hydrogen-bond acceptors (Lipinski definition) is 6. The van der Waals surface area contributed by atoms with E-state index in [1.807, 2.05) is 74.5 Å². The standard InChI is InChI=1S/C27H35N3O5/c1-4-12-24(26(32)34-18-21-13-8-6-9-14-21)30-25(31)23(5-2)29-20(3)17-28-27(33)35-19-22-15-10-7-11-16-22/h6-11,13-16,23-24,29H,3-5,12,17-19H2,1-2H3,(H,28,33)(H,30,31)/t23-,24-/m0/s1. The van der Waals surface area contributed by atoms with Crippen molar-refractivity contribution in [2.24, 2.45) is 0 Å². The molecular weight excluding hydrogens is 446 g/mol. The average Bonchev–Trinajstić information content (AvgIpc) is 2.88. The van der Waals surface area contributed by atoms with Gasteiger partial charge in [-0.3, -0.25) is 4.79 Å². The Morgan fingerprint density at radius 1 is 0.829 bits per heavy atom. The van der Waals surface area contributed by atoms with E-state index in [0.29, 0.717) is 25.0 Å². The van der Waals surface area contributed by atoms with Gasteiger partial charge >= 0.3 is 12.1 Å². The van der Waals surface area contributed by atoms with Gasteiger partial charge in [0, 0.05) is 5.70 Å². The van der Waals surface area contributed by atoms with Crippen LogP contribution in [-0.4, -0.2) is 36.6 Å². The minimum atomic E-state index is -0.744. The lowest BCUT2D eigenvalue weighted by molar-refractivity contribution is -0.149. The first-order valence-electron chi connectivity index (χ1n) is 11.8. The Hall–Kier alpha value is -3.81. The quantitative estimate of drug-likeness (QED) is 0.354. The van der Waals surface area contributed by atoms with Crippen LogP contribution in [0.2, 0.25) is 0 Å². The van der Waals surface area contributed by atoms with Crippen molar-refractivity contribution < 1.29 is 23.9 Å². The summed E-state index contributed by atoms with van der Waals surface area (Å²) >= 11 is 0. The lowest BCUT2D eigenvalue weighted by atomic mass is 10.1. The van der Waals surface area contributed by atoms with Crippen LogP contribution in [0.4, 0.5) is 4.79 Å². The highest BCUT2D eigenvalue weighted by molar-refractivity contribution is 5.87. The van der Waals surface area contributed by atoms with E-state index < -0.39 is 24.1 Å². The summed E-state index contributed by atoms with van der Waals surface area (Å²) in [5, 5.41) is 8.40. The highest BCUT2D eigenvalue weighted by Gasteiger charge is 2.25. The van der Waals surface area contributed by atoms with Gasteiger partial charge in [0.1, 0.15) is 25.3 Å². The lowest BCUT2D eigenvalue weighted by Gasteiger charge is -2.23. The second kappa shape index (κ2) is 15.2. The van der Waals surface area contributed by atoms with Crippen LogP contribution in [0.3, 0.4) is 0 Å². The first-order chi connectivity index (χ1) is 16.9. The number of carbonyl (C=O) groups is 3. The van der Waals surface area contributed by atoms with Gasteiger partial charge in [0.2, 0.25) is 5.91 Å². The summed E-state index contributed by atoms with van der Waals surface area (Å²) in [6.07, 6.45) is 1.04. The Morgan fingerprint density at radius 2 is 1.40 bits per heavy atom. The Kier molecular flexibility index (Phi) is 11.9. The Morgan fingerprint density at radius 3 is 1.94 bits per heavy atom. The predicted octanol–water partition coefficient (Wildman–Crippen LogP) is 3.82. The molecular formula is C27H35N3O5. The number of carbonyl (C=O) groups excluding carboxylic acids is 3. The maximum Gasteiger partial charge on any atom is 0.407 e. The molecule has 8 heteroatoms. The van der Waals surface area contributed by atoms with Crippen LogP contribution >= 0.6 is 0 Å². The van der Waals surface area contributed by atoms with Crippen molar-refractivity contribution in [2.75, 3.05) is 6.54 Å². The van der Waals surface area contributed by atoms with Crippen LogP contribution in [0.15, 0.2) is 72.9 Å². The summed E-state index contributed by atoms with van der Waals surface area (Å²) in [6.45, 7) is 8.05. The van der Waals surface area contributed by atoms with Gasteiger partial charge < -0.3 is 25.4 Å². The highest BCUT2D eigenvalue weighted by Crippen LogP contribution is 2.07. The van der Waals surface area contributed by atoms with Crippen molar-refractivity contribution in [3.05, 3.63) is 84.1 Å². The number of esters is 1. The van der Waals surface area contributed by atoms with Gasteiger partial charge in [-0.1, -0.05) is 87.5 Å². The zero-order chi connectivity index (χ0) is 25.5. The molecule has 0 aromatic heterocycles. The van der Waals surface area contributed by atoms with Crippen molar-refractivity contribution in [3.63, 3.8) is 0 Å². The molecule has 188 valence electrons. The summed E-state index contributed by atoms with van der Waals surface area (Å²) in [7, 11) is 0. The van der Waals surface area contributed by atoms with Crippen molar-refractivity contribution in [2.45, 2.75) is 58.4 Å². The van der Waals surface area contributed by atoms with Crippen LogP contribution in [0.25, 0.3) is 0 Å². The van der Waals surface area contributed by atoms with E-state index in [0.717, 1.165) is 11.1 Å². The van der Waals surface area contributed by atoms with Gasteiger partial charge in [-0.05, 0) is 24.0 Å². The van der Waals surface area contributed by atoms with Crippen LogP contribution in [0.5, 0.6) is 0 Å². The summed E-state index contributed by atoms with van der Waals surface area (Å²) in [6, 6.07) is 17.4. The summed E-state index contributed by atoms with van der Waals surface area (Å²) in [5.74, 6) is -0.809. The molecule has 2 aromatic carbocycles. The minimum Gasteiger partial charge on any atom is -0.459 e. The number of rotatable bonds is 14. The lowest BCUT2D eigenvalue weighted by Crippen LogP contribution is -2.50. The van der Waals surface area contributed by atoms with E-state index in [4.69, 9.17) is 9.47 Å². The summed E-state index contributed by atoms with van der Waals surface area (Å²) in [5.41, 5.74) is 2.20. The Bertz CT molecular complexity index is 950. The van der Waals surface area contributed by atoms with Crippen molar-refractivity contribution in [3.8, 4) is 0 Å². The normalized spacial score (nSPS) is 12.1. The van der Waals surface area contributed by atoms with Gasteiger partial charge in [0.15, 0.2) is 0 Å². The molecule has 2 atom stereocenters. The number of amides is 2. The molecule has 2 aromatic rings. The van der Waals surface area contributed by atoms with E-state index in [9.17, 15) is 14.4 Å². The van der Waals surface area contributed by atoms with E-state index in [1.165, 1.54) is 0 Å². The fourth-order valence-corrected chi connectivity index (χ4v) is 3.24. The molecule has 2 amide bonds. The number of ether oxygens (including phenoxy) is 2. The zero-order valence-electron chi connectivity index (χ0n) is 20.4. The highest BCUT2D eigenvalue weighted by atomic mass is 16.5. The first-order valence-corrected chi connectivity index (χ1v) is 11.8. The molecule has 0 spiro atoms. The fourth-order valence-electron chi connectivity index (χ4n) is 3.24. The van der Waals surface area contributed by atoms with Crippen molar-refractivity contribution >= 4 is 18.0 Å². The van der Waals surface area contributed by atoms with Gasteiger partial charge in [-0.25, -0.2) is 9.59 Å². The van der Waals surface area contributed by atoms with E-state index in [2.05, 4.69) is 22.5 Å². The molecule has 0 aliphatic carbocycles. The van der Waals surface area contributed by atoms with E-state index in [1.54, 1.807) is 0 Å². The second-order valence-electron chi connectivity index (χ2n) is 8.07. The molecule has 0 saturated heterocycles. The Labute approximate surface area is 207 Å². The molecule has 0 fully saturated rings. The largest absolute Gasteiger partial charge is 0.459 e. The third-order valence-corrected chi connectivity index (χ3v) is 5.16. The molecule has 0 radical (unpaired) electrons. The molecule has 2 rings (SSSR count). The maximum atomic E-state index is 12.8. The van der Waals surface area contributed by atoms with Gasteiger partial charge in [-0.15, -0.1) is 0 Å². The molecule has 0 aliphatic rings. The average molecular weight is 482 g/mol. The second-order valence-corrected chi connectivity index (χ2v) is 8.07. The maximum absolute atomic E-state index is 12.8. The van der Waals surface area contributed by atoms with Crippen LogP contribution in [0, 0.1) is 0 Å². The van der Waals surface area contributed by atoms with Gasteiger partial charge in [0.05, 0.1) is 6.54 Å². The van der Waals surface area contributed by atoms with E-state index >= 15 is 0 Å². The van der Waals surface area contributed by atoms with Gasteiger partial charge in [-0.2, -0.15) is 0 Å². The molecule has 0 saturated carbocycles. The predicted molar refractivity (Wildman–Crippen MR) is 134 cm³/mol. The number of benzene rings is 2. The minimum absolute atomic E-state index is 0.0922. The van der Waals surface area contributed by atoms with Crippen LogP contribution in [0.1, 0.15) is 44.2 Å². The SMILES string of the molecule is C=C(CNC(=O)OCc1ccccc1)N[C@@H](CC)C(=O)N[C@@H](CCC)C(=O)OCc1ccccc1. The third kappa shape index (κ3) is 10.3. The van der Waals surface area contributed by atoms with Crippen molar-refractivity contribution in [1.29, 1.82) is 0 Å². The molecule has 0 unspecified atom stereocenters. The van der Waals surface area contributed by atoms with Crippen LogP contribution in [-0.2, 0) is 32.3 Å².